The van der Waals surface area contributed by atoms with Crippen molar-refractivity contribution in [2.24, 2.45) is 0 Å². The lowest BCUT2D eigenvalue weighted by Gasteiger charge is -2.32. The molecule has 0 radical (unpaired) electrons. The monoisotopic (exact) mass is 298 g/mol. The summed E-state index contributed by atoms with van der Waals surface area (Å²) in [5.41, 5.74) is 1.36. The molecule has 0 N–H and O–H groups in total. The molecule has 22 heavy (non-hydrogen) atoms. The van der Waals surface area contributed by atoms with Crippen LogP contribution in [0.1, 0.15) is 5.56 Å². The van der Waals surface area contributed by atoms with Crippen molar-refractivity contribution < 1.29 is 9.53 Å². The summed E-state index contributed by atoms with van der Waals surface area (Å²) in [5.74, 6) is 0.897. The number of amides is 1. The fraction of sp³-hybridized carbons (Fsp3) is 0.389. The second-order valence-electron chi connectivity index (χ2n) is 5.78. The Kier molecular flexibility index (Phi) is 4.59. The minimum Gasteiger partial charge on any atom is -0.497 e. The molecule has 0 unspecified atom stereocenters. The van der Waals surface area contributed by atoms with E-state index in [1.165, 1.54) is 16.3 Å². The molecule has 116 valence electrons. The number of methoxy groups -OCH3 is 1. The van der Waals surface area contributed by atoms with E-state index in [4.69, 9.17) is 4.74 Å². The van der Waals surface area contributed by atoms with Gasteiger partial charge in [0, 0.05) is 32.7 Å². The highest BCUT2D eigenvalue weighted by Gasteiger charge is 2.14. The molecule has 1 fully saturated rings. The summed E-state index contributed by atoms with van der Waals surface area (Å²) in [7, 11) is 1.69. The van der Waals surface area contributed by atoms with Crippen LogP contribution in [0.3, 0.4) is 0 Å². The number of carbonyl (C=O) groups excluding carboxylic acids is 1. The molecule has 1 saturated heterocycles. The maximum Gasteiger partial charge on any atom is 0.209 e. The van der Waals surface area contributed by atoms with Crippen LogP contribution in [0.5, 0.6) is 5.75 Å². The average Bonchev–Trinajstić information content (AvgIpc) is 2.59. The predicted molar refractivity (Wildman–Crippen MR) is 88.3 cm³/mol. The Morgan fingerprint density at radius 1 is 1.05 bits per heavy atom. The smallest absolute Gasteiger partial charge is 0.209 e. The average molecular weight is 298 g/mol. The van der Waals surface area contributed by atoms with Crippen LogP contribution >= 0.6 is 0 Å². The largest absolute Gasteiger partial charge is 0.497 e. The zero-order valence-corrected chi connectivity index (χ0v) is 13.0. The van der Waals surface area contributed by atoms with E-state index in [1.807, 2.05) is 11.0 Å². The standard InChI is InChI=1S/C18H22N2O2/c1-22-18-5-4-16-12-15(2-3-17(16)13-18)6-7-19-8-10-20(14-21)11-9-19/h2-5,12-14H,6-11H2,1H3. The van der Waals surface area contributed by atoms with Crippen LogP contribution in [0.15, 0.2) is 36.4 Å². The van der Waals surface area contributed by atoms with Gasteiger partial charge < -0.3 is 9.64 Å². The van der Waals surface area contributed by atoms with Gasteiger partial charge in [0.25, 0.3) is 0 Å². The van der Waals surface area contributed by atoms with Crippen molar-refractivity contribution in [1.82, 2.24) is 9.80 Å². The van der Waals surface area contributed by atoms with Crippen LogP contribution in [0.4, 0.5) is 0 Å². The van der Waals surface area contributed by atoms with Crippen LogP contribution in [-0.4, -0.2) is 56.0 Å². The molecule has 0 bridgehead atoms. The summed E-state index contributed by atoms with van der Waals surface area (Å²) in [6.07, 6.45) is 2.00. The number of rotatable bonds is 5. The lowest BCUT2D eigenvalue weighted by atomic mass is 10.0. The summed E-state index contributed by atoms with van der Waals surface area (Å²) < 4.78 is 5.26. The van der Waals surface area contributed by atoms with Gasteiger partial charge >= 0.3 is 0 Å². The van der Waals surface area contributed by atoms with Crippen LogP contribution in [-0.2, 0) is 11.2 Å². The van der Waals surface area contributed by atoms with Crippen molar-refractivity contribution in [3.8, 4) is 5.75 Å². The first kappa shape index (κ1) is 14.9. The summed E-state index contributed by atoms with van der Waals surface area (Å²) in [4.78, 5) is 15.0. The van der Waals surface area contributed by atoms with Crippen LogP contribution in [0, 0.1) is 0 Å². The van der Waals surface area contributed by atoms with Crippen molar-refractivity contribution in [2.75, 3.05) is 39.8 Å². The highest BCUT2D eigenvalue weighted by atomic mass is 16.5. The molecule has 3 rings (SSSR count). The zero-order chi connectivity index (χ0) is 15.4. The van der Waals surface area contributed by atoms with Crippen molar-refractivity contribution in [3.63, 3.8) is 0 Å². The van der Waals surface area contributed by atoms with E-state index in [0.717, 1.165) is 51.3 Å². The van der Waals surface area contributed by atoms with E-state index >= 15 is 0 Å². The molecule has 2 aromatic rings. The normalized spacial score (nSPS) is 16.0. The molecule has 4 heteroatoms. The molecule has 1 amide bonds. The van der Waals surface area contributed by atoms with Gasteiger partial charge in [-0.3, -0.25) is 9.69 Å². The maximum atomic E-state index is 10.7. The van der Waals surface area contributed by atoms with Gasteiger partial charge in [0.1, 0.15) is 5.75 Å². The number of ether oxygens (including phenoxy) is 1. The van der Waals surface area contributed by atoms with Gasteiger partial charge in [-0.1, -0.05) is 24.3 Å². The highest BCUT2D eigenvalue weighted by molar-refractivity contribution is 5.84. The minimum atomic E-state index is 0.848. The first-order valence-corrected chi connectivity index (χ1v) is 7.77. The topological polar surface area (TPSA) is 32.8 Å². The molecule has 0 spiro atoms. The fourth-order valence-electron chi connectivity index (χ4n) is 2.94. The fourth-order valence-corrected chi connectivity index (χ4v) is 2.94. The Bertz CT molecular complexity index is 649. The number of fused-ring (bicyclic) bond motifs is 1. The Balaban J connectivity index is 1.61. The third kappa shape index (κ3) is 3.39. The molecule has 0 aliphatic carbocycles. The number of benzene rings is 2. The number of hydrogen-bond acceptors (Lipinski definition) is 3. The van der Waals surface area contributed by atoms with Gasteiger partial charge in [0.2, 0.25) is 6.41 Å². The predicted octanol–water partition coefficient (Wildman–Crippen LogP) is 2.16. The lowest BCUT2D eigenvalue weighted by molar-refractivity contribution is -0.119. The Labute approximate surface area is 131 Å². The summed E-state index contributed by atoms with van der Waals surface area (Å²) >= 11 is 0. The number of hydrogen-bond donors (Lipinski definition) is 0. The van der Waals surface area contributed by atoms with Gasteiger partial charge in [0.05, 0.1) is 7.11 Å². The van der Waals surface area contributed by atoms with Gasteiger partial charge in [0.15, 0.2) is 0 Å². The van der Waals surface area contributed by atoms with Gasteiger partial charge in [-0.05, 0) is 34.9 Å². The van der Waals surface area contributed by atoms with Crippen molar-refractivity contribution in [1.29, 1.82) is 0 Å². The van der Waals surface area contributed by atoms with E-state index in [1.54, 1.807) is 7.11 Å². The Hall–Kier alpha value is -2.07. The second kappa shape index (κ2) is 6.79. The molecule has 2 aromatic carbocycles. The van der Waals surface area contributed by atoms with Crippen LogP contribution in [0.25, 0.3) is 10.8 Å². The van der Waals surface area contributed by atoms with E-state index in [2.05, 4.69) is 35.2 Å². The highest BCUT2D eigenvalue weighted by Crippen LogP contribution is 2.22. The first-order chi connectivity index (χ1) is 10.8. The molecule has 1 aliphatic rings. The first-order valence-electron chi connectivity index (χ1n) is 7.77. The van der Waals surface area contributed by atoms with E-state index in [-0.39, 0.29) is 0 Å². The van der Waals surface area contributed by atoms with Gasteiger partial charge in [-0.15, -0.1) is 0 Å². The van der Waals surface area contributed by atoms with Gasteiger partial charge in [-0.2, -0.15) is 0 Å². The van der Waals surface area contributed by atoms with Crippen LogP contribution in [0.2, 0.25) is 0 Å². The number of carbonyl (C=O) groups is 1. The number of nitrogens with zero attached hydrogens (tertiary/aromatic N) is 2. The zero-order valence-electron chi connectivity index (χ0n) is 13.0. The maximum absolute atomic E-state index is 10.7. The molecular formula is C18H22N2O2. The van der Waals surface area contributed by atoms with Gasteiger partial charge in [-0.25, -0.2) is 0 Å². The third-order valence-electron chi connectivity index (χ3n) is 4.38. The molecule has 4 nitrogen and oxygen atoms in total. The molecule has 0 saturated carbocycles. The quantitative estimate of drug-likeness (QED) is 0.793. The summed E-state index contributed by atoms with van der Waals surface area (Å²) in [6.45, 7) is 4.70. The molecule has 0 atom stereocenters. The third-order valence-corrected chi connectivity index (χ3v) is 4.38. The second-order valence-corrected chi connectivity index (χ2v) is 5.78. The lowest BCUT2D eigenvalue weighted by Crippen LogP contribution is -2.46. The Morgan fingerprint density at radius 3 is 2.50 bits per heavy atom. The molecule has 1 aliphatic heterocycles. The summed E-state index contributed by atoms with van der Waals surface area (Å²) in [6, 6.07) is 12.8. The summed E-state index contributed by atoms with van der Waals surface area (Å²) in [5, 5.41) is 2.46. The van der Waals surface area contributed by atoms with E-state index < -0.39 is 0 Å². The van der Waals surface area contributed by atoms with Crippen molar-refractivity contribution >= 4 is 17.2 Å². The van der Waals surface area contributed by atoms with Crippen molar-refractivity contribution in [2.45, 2.75) is 6.42 Å². The van der Waals surface area contributed by atoms with E-state index in [9.17, 15) is 4.79 Å². The number of piperazine rings is 1. The SMILES string of the molecule is COc1ccc2cc(CCN3CCN(C=O)CC3)ccc2c1. The minimum absolute atomic E-state index is 0.848. The van der Waals surface area contributed by atoms with E-state index in [0.29, 0.717) is 0 Å². The molecular weight excluding hydrogens is 276 g/mol. The molecule has 1 heterocycles. The van der Waals surface area contributed by atoms with Crippen LogP contribution < -0.4 is 4.74 Å². The van der Waals surface area contributed by atoms with Crippen molar-refractivity contribution in [3.05, 3.63) is 42.0 Å². The Morgan fingerprint density at radius 2 is 1.77 bits per heavy atom. The molecule has 0 aromatic heterocycles.